The molecular formula is C21H16FN3O2. The zero-order valence-electron chi connectivity index (χ0n) is 14.4. The van der Waals surface area contributed by atoms with E-state index in [4.69, 9.17) is 0 Å². The van der Waals surface area contributed by atoms with Crippen LogP contribution < -0.4 is 10.2 Å². The number of anilines is 1. The molecule has 0 unspecified atom stereocenters. The third-order valence-corrected chi connectivity index (χ3v) is 5.50. The minimum Gasteiger partial charge on any atom is -0.322 e. The highest BCUT2D eigenvalue weighted by Gasteiger charge is 2.66. The van der Waals surface area contributed by atoms with Crippen molar-refractivity contribution in [1.29, 1.82) is 0 Å². The van der Waals surface area contributed by atoms with E-state index in [2.05, 4.69) is 10.3 Å². The minimum atomic E-state index is -1.61. The van der Waals surface area contributed by atoms with Gasteiger partial charge in [0.2, 0.25) is 0 Å². The number of hydrogen-bond donors (Lipinski definition) is 1. The lowest BCUT2D eigenvalue weighted by molar-refractivity contribution is -0.133. The van der Waals surface area contributed by atoms with Crippen LogP contribution in [0.2, 0.25) is 0 Å². The Kier molecular flexibility index (Phi) is 3.16. The van der Waals surface area contributed by atoms with E-state index >= 15 is 4.39 Å². The number of urea groups is 1. The number of carbonyl (C=O) groups excluding carboxylic acids is 2. The summed E-state index contributed by atoms with van der Waals surface area (Å²) in [5.41, 5.74) is -1.86. The first kappa shape index (κ1) is 15.9. The third-order valence-electron chi connectivity index (χ3n) is 5.50. The van der Waals surface area contributed by atoms with Crippen LogP contribution in [0.5, 0.6) is 0 Å². The van der Waals surface area contributed by atoms with E-state index in [1.807, 2.05) is 30.3 Å². The van der Waals surface area contributed by atoms with Gasteiger partial charge in [0.15, 0.2) is 0 Å². The summed E-state index contributed by atoms with van der Waals surface area (Å²) >= 11 is 0. The molecule has 1 aromatic heterocycles. The average Bonchev–Trinajstić information content (AvgIpc) is 2.92. The van der Waals surface area contributed by atoms with E-state index < -0.39 is 23.1 Å². The van der Waals surface area contributed by atoms with Crippen LogP contribution in [0, 0.1) is 0 Å². The first-order chi connectivity index (χ1) is 13.0. The van der Waals surface area contributed by atoms with E-state index in [1.54, 1.807) is 30.5 Å². The maximum atomic E-state index is 15.3. The molecule has 0 radical (unpaired) electrons. The van der Waals surface area contributed by atoms with Gasteiger partial charge in [0, 0.05) is 29.8 Å². The molecule has 2 fully saturated rings. The van der Waals surface area contributed by atoms with Crippen LogP contribution in [0.3, 0.4) is 0 Å². The molecule has 134 valence electrons. The Morgan fingerprint density at radius 3 is 2.44 bits per heavy atom. The molecule has 3 amide bonds. The Hall–Kier alpha value is -3.28. The highest BCUT2D eigenvalue weighted by molar-refractivity contribution is 6.26. The molecule has 2 aliphatic rings. The van der Waals surface area contributed by atoms with Gasteiger partial charge in [0.25, 0.3) is 5.91 Å². The van der Waals surface area contributed by atoms with Crippen molar-refractivity contribution in [2.24, 2.45) is 0 Å². The average molecular weight is 361 g/mol. The van der Waals surface area contributed by atoms with Crippen molar-refractivity contribution in [1.82, 2.24) is 10.3 Å². The van der Waals surface area contributed by atoms with Gasteiger partial charge >= 0.3 is 6.03 Å². The number of nitrogens with zero attached hydrogens (tertiary/aromatic N) is 2. The highest BCUT2D eigenvalue weighted by atomic mass is 19.1. The molecule has 5 nitrogen and oxygen atoms in total. The normalized spacial score (nSPS) is 27.1. The molecule has 1 N–H and O–H groups in total. The van der Waals surface area contributed by atoms with Gasteiger partial charge in [-0.05, 0) is 5.56 Å². The fourth-order valence-corrected chi connectivity index (χ4v) is 4.20. The van der Waals surface area contributed by atoms with Gasteiger partial charge in [-0.25, -0.2) is 14.1 Å². The number of aromatic nitrogens is 1. The molecule has 0 bridgehead atoms. The van der Waals surface area contributed by atoms with Gasteiger partial charge < -0.3 is 5.32 Å². The smallest absolute Gasteiger partial charge is 0.322 e. The molecule has 1 spiro atoms. The number of pyridine rings is 1. The minimum absolute atomic E-state index is 0.0662. The fourth-order valence-electron chi connectivity index (χ4n) is 4.20. The molecule has 3 aromatic rings. The zero-order valence-corrected chi connectivity index (χ0v) is 14.4. The van der Waals surface area contributed by atoms with Gasteiger partial charge in [-0.3, -0.25) is 9.78 Å². The number of benzene rings is 2. The summed E-state index contributed by atoms with van der Waals surface area (Å²) in [5, 5.41) is 4.30. The van der Waals surface area contributed by atoms with E-state index in [0.717, 1.165) is 15.7 Å². The van der Waals surface area contributed by atoms with Gasteiger partial charge in [-0.15, -0.1) is 0 Å². The fraction of sp³-hybridized carbons (Fsp3) is 0.190. The van der Waals surface area contributed by atoms with Crippen LogP contribution in [-0.4, -0.2) is 22.5 Å². The molecule has 1 saturated carbocycles. The van der Waals surface area contributed by atoms with Crippen molar-refractivity contribution in [3.8, 4) is 0 Å². The van der Waals surface area contributed by atoms with E-state index in [9.17, 15) is 9.59 Å². The Bertz CT molecular complexity index is 1070. The number of halogens is 1. The summed E-state index contributed by atoms with van der Waals surface area (Å²) in [7, 11) is 0. The molecule has 1 saturated heterocycles. The van der Waals surface area contributed by atoms with Crippen LogP contribution in [-0.2, 0) is 10.5 Å². The predicted molar refractivity (Wildman–Crippen MR) is 99.0 cm³/mol. The van der Waals surface area contributed by atoms with Crippen LogP contribution in [0.4, 0.5) is 14.9 Å². The molecule has 2 aromatic carbocycles. The molecule has 27 heavy (non-hydrogen) atoms. The molecule has 1 aliphatic carbocycles. The second-order valence-electron chi connectivity index (χ2n) is 7.22. The number of fused-ring (bicyclic) bond motifs is 1. The van der Waals surface area contributed by atoms with Gasteiger partial charge in [-0.2, -0.15) is 0 Å². The van der Waals surface area contributed by atoms with Crippen molar-refractivity contribution in [3.63, 3.8) is 0 Å². The summed E-state index contributed by atoms with van der Waals surface area (Å²) in [4.78, 5) is 31.0. The number of hydrogen-bond acceptors (Lipinski definition) is 3. The summed E-state index contributed by atoms with van der Waals surface area (Å²) in [6.45, 7) is 0. The summed E-state index contributed by atoms with van der Waals surface area (Å²) in [5.74, 6) is -0.421. The van der Waals surface area contributed by atoms with E-state index in [0.29, 0.717) is 11.3 Å². The Labute approximate surface area is 154 Å². The number of nitrogens with one attached hydrogen (secondary N) is 1. The Morgan fingerprint density at radius 2 is 1.67 bits per heavy atom. The Morgan fingerprint density at radius 1 is 0.963 bits per heavy atom. The van der Waals surface area contributed by atoms with Crippen molar-refractivity contribution in [2.75, 3.05) is 4.90 Å². The van der Waals surface area contributed by atoms with Gasteiger partial charge in [0.1, 0.15) is 11.2 Å². The summed E-state index contributed by atoms with van der Waals surface area (Å²) in [6.07, 6.45) is 3.04. The van der Waals surface area contributed by atoms with Crippen molar-refractivity contribution in [2.45, 2.75) is 24.0 Å². The lowest BCUT2D eigenvalue weighted by Gasteiger charge is -2.47. The number of carbonyl (C=O) groups is 2. The lowest BCUT2D eigenvalue weighted by atomic mass is 9.63. The summed E-state index contributed by atoms with van der Waals surface area (Å²) < 4.78 is 15.3. The molecule has 6 heteroatoms. The van der Waals surface area contributed by atoms with Gasteiger partial charge in [-0.1, -0.05) is 54.6 Å². The summed E-state index contributed by atoms with van der Waals surface area (Å²) in [6, 6.07) is 15.6. The second-order valence-corrected chi connectivity index (χ2v) is 7.22. The first-order valence-corrected chi connectivity index (χ1v) is 8.76. The maximum absolute atomic E-state index is 15.3. The largest absolute Gasteiger partial charge is 0.329 e. The van der Waals surface area contributed by atoms with Crippen molar-refractivity contribution in [3.05, 3.63) is 72.6 Å². The van der Waals surface area contributed by atoms with Crippen LogP contribution in [0.25, 0.3) is 10.8 Å². The van der Waals surface area contributed by atoms with Crippen LogP contribution in [0.1, 0.15) is 18.4 Å². The number of alkyl halides is 1. The number of amides is 3. The SMILES string of the molecule is O=C1NC2(CC(F)(c3ccccc3)C2)C(=O)N1c1cncc2ccccc12. The van der Waals surface area contributed by atoms with Gasteiger partial charge in [0.05, 0.1) is 11.9 Å². The third kappa shape index (κ3) is 2.19. The molecule has 1 aliphatic heterocycles. The predicted octanol–water partition coefficient (Wildman–Crippen LogP) is 3.69. The maximum Gasteiger partial charge on any atom is 0.329 e. The molecule has 5 rings (SSSR count). The van der Waals surface area contributed by atoms with E-state index in [-0.39, 0.29) is 12.8 Å². The molecule has 2 heterocycles. The lowest BCUT2D eigenvalue weighted by Crippen LogP contribution is -2.62. The Balaban J connectivity index is 1.50. The quantitative estimate of drug-likeness (QED) is 0.708. The molecular weight excluding hydrogens is 345 g/mol. The zero-order chi connectivity index (χ0) is 18.6. The monoisotopic (exact) mass is 361 g/mol. The standard InChI is InChI=1S/C21H16FN3O2/c22-20(15-7-2-1-3-8-15)12-21(13-20)18(26)25(19(27)24-21)17-11-23-10-14-6-4-5-9-16(14)17/h1-11H,12-13H2,(H,24,27). The van der Waals surface area contributed by atoms with E-state index in [1.165, 1.54) is 6.20 Å². The van der Waals surface area contributed by atoms with Crippen molar-refractivity contribution >= 4 is 28.4 Å². The second kappa shape index (κ2) is 5.36. The number of imide groups is 1. The highest BCUT2D eigenvalue weighted by Crippen LogP contribution is 2.54. The molecule has 0 atom stereocenters. The topological polar surface area (TPSA) is 62.3 Å². The van der Waals surface area contributed by atoms with Crippen LogP contribution >= 0.6 is 0 Å². The van der Waals surface area contributed by atoms with Crippen LogP contribution in [0.15, 0.2) is 67.0 Å². The first-order valence-electron chi connectivity index (χ1n) is 8.76. The number of rotatable bonds is 2. The van der Waals surface area contributed by atoms with Crippen molar-refractivity contribution < 1.29 is 14.0 Å².